The number of carbonyl (C=O) groups is 2. The predicted octanol–water partition coefficient (Wildman–Crippen LogP) is 4.11. The number of amides is 2. The minimum absolute atomic E-state index is 0.00970. The first-order valence-electron chi connectivity index (χ1n) is 13.0. The smallest absolute Gasteiger partial charge is 0.247 e. The summed E-state index contributed by atoms with van der Waals surface area (Å²) in [7, 11) is 0. The highest BCUT2D eigenvalue weighted by molar-refractivity contribution is 6.31. The molecule has 1 saturated heterocycles. The highest BCUT2D eigenvalue weighted by Crippen LogP contribution is 2.44. The van der Waals surface area contributed by atoms with Crippen molar-refractivity contribution >= 4 is 34.7 Å². The number of benzene rings is 1. The van der Waals surface area contributed by atoms with Crippen LogP contribution >= 0.6 is 11.6 Å². The molecule has 1 saturated carbocycles. The van der Waals surface area contributed by atoms with Crippen LogP contribution in [0.15, 0.2) is 49.2 Å². The minimum atomic E-state index is -0.616. The van der Waals surface area contributed by atoms with Gasteiger partial charge in [0.25, 0.3) is 0 Å². The number of nitrogens with zero attached hydrogens (tertiary/aromatic N) is 7. The Balaban J connectivity index is 1.17. The average molecular weight is 560 g/mol. The van der Waals surface area contributed by atoms with Crippen molar-refractivity contribution in [1.29, 1.82) is 0 Å². The van der Waals surface area contributed by atoms with Crippen molar-refractivity contribution in [2.24, 2.45) is 5.92 Å². The lowest BCUT2D eigenvalue weighted by atomic mass is 9.92. The van der Waals surface area contributed by atoms with Gasteiger partial charge in [-0.05, 0) is 66.3 Å². The molecule has 2 aliphatic heterocycles. The molecule has 5 heterocycles. The molecule has 11 nitrogen and oxygen atoms in total. The Kier molecular flexibility index (Phi) is 5.92. The van der Waals surface area contributed by atoms with E-state index in [4.69, 9.17) is 16.6 Å². The van der Waals surface area contributed by atoms with Crippen molar-refractivity contribution in [1.82, 2.24) is 40.1 Å². The number of carbonyl (C=O) groups excluding carboxylic acids is 2. The Hall–Kier alpha value is -4.45. The Labute approximate surface area is 232 Å². The summed E-state index contributed by atoms with van der Waals surface area (Å²) in [5.41, 5.74) is 3.18. The van der Waals surface area contributed by atoms with Gasteiger partial charge in [0.1, 0.15) is 12.2 Å². The standard InChI is InChI=1S/C27H23ClFN9O2/c28-18-4-6-21(37-13-32-35-36-37)24(25(18)29)15-9-16-3-5-22(38(16)23(39)10-15)26-31-12-20(33-26)17-7-8-30-11-19(17)34-27(40)14-1-2-14/h4,6-8,10-14,16,22H,1-3,5,9H2,(H,31,33)(H,34,40)/t16-,22+/m1/s1. The number of hydrogen-bond acceptors (Lipinski definition) is 7. The minimum Gasteiger partial charge on any atom is -0.346 e. The zero-order valence-corrected chi connectivity index (χ0v) is 21.8. The van der Waals surface area contributed by atoms with Gasteiger partial charge in [-0.3, -0.25) is 14.6 Å². The van der Waals surface area contributed by atoms with Crippen LogP contribution in [0.25, 0.3) is 22.5 Å². The molecule has 0 bridgehead atoms. The molecule has 2 N–H and O–H groups in total. The molecule has 0 spiro atoms. The summed E-state index contributed by atoms with van der Waals surface area (Å²) in [6.45, 7) is 0. The largest absolute Gasteiger partial charge is 0.346 e. The fourth-order valence-electron chi connectivity index (χ4n) is 5.65. The number of pyridine rings is 1. The van der Waals surface area contributed by atoms with E-state index in [-0.39, 0.29) is 40.4 Å². The molecule has 1 aliphatic carbocycles. The fourth-order valence-corrected chi connectivity index (χ4v) is 5.80. The van der Waals surface area contributed by atoms with Crippen LogP contribution in [0.4, 0.5) is 10.1 Å². The second-order valence-electron chi connectivity index (χ2n) is 10.2. The Morgan fingerprint density at radius 1 is 1.18 bits per heavy atom. The number of imidazole rings is 1. The van der Waals surface area contributed by atoms with Crippen molar-refractivity contribution in [3.8, 4) is 16.9 Å². The number of hydrogen-bond donors (Lipinski definition) is 2. The van der Waals surface area contributed by atoms with E-state index in [1.807, 2.05) is 11.0 Å². The lowest BCUT2D eigenvalue weighted by Crippen LogP contribution is -2.39. The third-order valence-corrected chi connectivity index (χ3v) is 8.01. The van der Waals surface area contributed by atoms with Crippen molar-refractivity contribution in [3.63, 3.8) is 0 Å². The summed E-state index contributed by atoms with van der Waals surface area (Å²) in [5, 5.41) is 14.1. The molecular formula is C27H23ClFN9O2. The molecule has 2 fully saturated rings. The van der Waals surface area contributed by atoms with Crippen LogP contribution in [0.5, 0.6) is 0 Å². The molecular weight excluding hydrogens is 537 g/mol. The van der Waals surface area contributed by atoms with Gasteiger partial charge in [-0.25, -0.2) is 9.37 Å². The van der Waals surface area contributed by atoms with E-state index < -0.39 is 5.82 Å². The molecule has 1 aromatic carbocycles. The van der Waals surface area contributed by atoms with Crippen LogP contribution < -0.4 is 5.32 Å². The van der Waals surface area contributed by atoms with Gasteiger partial charge in [0, 0.05) is 41.6 Å². The second-order valence-corrected chi connectivity index (χ2v) is 10.6. The number of aromatic nitrogens is 7. The number of fused-ring (bicyclic) bond motifs is 1. The number of tetrazole rings is 1. The maximum Gasteiger partial charge on any atom is 0.247 e. The molecule has 0 radical (unpaired) electrons. The van der Waals surface area contributed by atoms with Crippen LogP contribution in [0.1, 0.15) is 49.5 Å². The Morgan fingerprint density at radius 3 is 2.85 bits per heavy atom. The molecule has 3 aliphatic rings. The lowest BCUT2D eigenvalue weighted by Gasteiger charge is -2.33. The maximum atomic E-state index is 15.3. The van der Waals surface area contributed by atoms with Crippen molar-refractivity contribution < 1.29 is 14.0 Å². The zero-order valence-electron chi connectivity index (χ0n) is 21.1. The summed E-state index contributed by atoms with van der Waals surface area (Å²) < 4.78 is 16.7. The van der Waals surface area contributed by atoms with E-state index in [1.54, 1.807) is 24.7 Å². The third-order valence-electron chi connectivity index (χ3n) is 7.72. The van der Waals surface area contributed by atoms with Gasteiger partial charge < -0.3 is 15.2 Å². The SMILES string of the molecule is O=C(Nc1cnccc1-c1c[nH]c([C@@H]2CC[C@@H]3CC(c4c(-n5cnnn5)ccc(Cl)c4F)=CC(=O)N32)n1)C1CC1. The molecule has 13 heteroatoms. The fraction of sp³-hybridized carbons (Fsp3) is 0.296. The molecule has 202 valence electrons. The number of aromatic amines is 1. The highest BCUT2D eigenvalue weighted by Gasteiger charge is 2.42. The van der Waals surface area contributed by atoms with Crippen LogP contribution in [0.3, 0.4) is 0 Å². The Bertz CT molecular complexity index is 1660. The first-order valence-corrected chi connectivity index (χ1v) is 13.4. The maximum absolute atomic E-state index is 15.3. The zero-order chi connectivity index (χ0) is 27.4. The van der Waals surface area contributed by atoms with Gasteiger partial charge >= 0.3 is 0 Å². The van der Waals surface area contributed by atoms with E-state index >= 15 is 4.39 Å². The second kappa shape index (κ2) is 9.63. The van der Waals surface area contributed by atoms with Crippen molar-refractivity contribution in [3.05, 3.63) is 71.4 Å². The molecule has 4 aromatic rings. The summed E-state index contributed by atoms with van der Waals surface area (Å²) in [4.78, 5) is 39.9. The van der Waals surface area contributed by atoms with E-state index in [2.05, 4.69) is 30.8 Å². The van der Waals surface area contributed by atoms with Gasteiger partial charge in [0.2, 0.25) is 11.8 Å². The number of H-pyrrole nitrogens is 1. The molecule has 2 amide bonds. The molecule has 3 aromatic heterocycles. The van der Waals surface area contributed by atoms with E-state index in [0.29, 0.717) is 41.3 Å². The van der Waals surface area contributed by atoms with Gasteiger partial charge in [0.05, 0.1) is 34.3 Å². The average Bonchev–Trinajstić information content (AvgIpc) is 3.30. The predicted molar refractivity (Wildman–Crippen MR) is 142 cm³/mol. The summed E-state index contributed by atoms with van der Waals surface area (Å²) >= 11 is 6.13. The van der Waals surface area contributed by atoms with Gasteiger partial charge in [-0.2, -0.15) is 4.68 Å². The first kappa shape index (κ1) is 24.6. The number of halogens is 2. The summed E-state index contributed by atoms with van der Waals surface area (Å²) in [5.74, 6) is -0.137. The molecule has 40 heavy (non-hydrogen) atoms. The molecule has 2 atom stereocenters. The number of anilines is 1. The van der Waals surface area contributed by atoms with E-state index in [1.165, 1.54) is 23.2 Å². The van der Waals surface area contributed by atoms with Gasteiger partial charge in [0.15, 0.2) is 5.82 Å². The lowest BCUT2D eigenvalue weighted by molar-refractivity contribution is -0.129. The third kappa shape index (κ3) is 4.24. The number of rotatable bonds is 6. The van der Waals surface area contributed by atoms with E-state index in [9.17, 15) is 9.59 Å². The topological polar surface area (TPSA) is 135 Å². The summed E-state index contributed by atoms with van der Waals surface area (Å²) in [6, 6.07) is 4.49. The highest BCUT2D eigenvalue weighted by atomic mass is 35.5. The van der Waals surface area contributed by atoms with Crippen LogP contribution in [0, 0.1) is 11.7 Å². The normalized spacial score (nSPS) is 20.4. The molecule has 0 unspecified atom stereocenters. The van der Waals surface area contributed by atoms with Crippen LogP contribution in [-0.2, 0) is 9.59 Å². The monoisotopic (exact) mass is 559 g/mol. The summed E-state index contributed by atoms with van der Waals surface area (Å²) in [6.07, 6.45) is 11.6. The van der Waals surface area contributed by atoms with Crippen LogP contribution in [0.2, 0.25) is 5.02 Å². The quantitative estimate of drug-likeness (QED) is 0.363. The first-order chi connectivity index (χ1) is 19.5. The van der Waals surface area contributed by atoms with Crippen LogP contribution in [-0.4, -0.2) is 57.9 Å². The Morgan fingerprint density at radius 2 is 2.05 bits per heavy atom. The van der Waals surface area contributed by atoms with Crippen molar-refractivity contribution in [2.75, 3.05) is 5.32 Å². The van der Waals surface area contributed by atoms with Gasteiger partial charge in [-0.15, -0.1) is 5.10 Å². The number of nitrogens with one attached hydrogen (secondary N) is 2. The van der Waals surface area contributed by atoms with Gasteiger partial charge in [-0.1, -0.05) is 11.6 Å². The van der Waals surface area contributed by atoms with E-state index in [0.717, 1.165) is 24.8 Å². The van der Waals surface area contributed by atoms with Crippen molar-refractivity contribution in [2.45, 2.75) is 44.2 Å². The molecule has 7 rings (SSSR count).